The summed E-state index contributed by atoms with van der Waals surface area (Å²) < 4.78 is 0. The number of piperidine rings is 1. The van der Waals surface area contributed by atoms with Gasteiger partial charge in [-0.15, -0.1) is 0 Å². The molecule has 2 unspecified atom stereocenters. The number of pyridine rings is 1. The van der Waals surface area contributed by atoms with Crippen molar-refractivity contribution in [3.63, 3.8) is 0 Å². The SMILES string of the molecule is CCNc1ccc(C(=O)N2CC(C)CCC2C)nc1. The van der Waals surface area contributed by atoms with E-state index in [9.17, 15) is 4.79 Å². The Balaban J connectivity index is 2.09. The predicted molar refractivity (Wildman–Crippen MR) is 77.3 cm³/mol. The number of carbonyl (C=O) groups is 1. The third-order valence-electron chi connectivity index (χ3n) is 3.74. The van der Waals surface area contributed by atoms with Gasteiger partial charge in [0.1, 0.15) is 5.69 Å². The molecule has 0 aromatic carbocycles. The first-order chi connectivity index (χ1) is 9.11. The van der Waals surface area contributed by atoms with Gasteiger partial charge in [-0.2, -0.15) is 0 Å². The van der Waals surface area contributed by atoms with Crippen LogP contribution in [0.5, 0.6) is 0 Å². The quantitative estimate of drug-likeness (QED) is 0.910. The van der Waals surface area contributed by atoms with E-state index in [1.807, 2.05) is 24.0 Å². The van der Waals surface area contributed by atoms with Crippen molar-refractivity contribution in [3.05, 3.63) is 24.0 Å². The molecule has 1 fully saturated rings. The van der Waals surface area contributed by atoms with Crippen molar-refractivity contribution in [1.29, 1.82) is 0 Å². The minimum absolute atomic E-state index is 0.0575. The molecule has 0 radical (unpaired) electrons. The Morgan fingerprint density at radius 3 is 2.84 bits per heavy atom. The van der Waals surface area contributed by atoms with Crippen LogP contribution in [0.4, 0.5) is 5.69 Å². The highest BCUT2D eigenvalue weighted by atomic mass is 16.2. The van der Waals surface area contributed by atoms with Crippen molar-refractivity contribution < 1.29 is 4.79 Å². The molecule has 1 N–H and O–H groups in total. The van der Waals surface area contributed by atoms with Crippen LogP contribution in [0.3, 0.4) is 0 Å². The number of hydrogen-bond donors (Lipinski definition) is 1. The van der Waals surface area contributed by atoms with Gasteiger partial charge < -0.3 is 10.2 Å². The van der Waals surface area contributed by atoms with Gasteiger partial charge in [-0.3, -0.25) is 4.79 Å². The highest BCUT2D eigenvalue weighted by molar-refractivity contribution is 5.92. The molecule has 4 heteroatoms. The summed E-state index contributed by atoms with van der Waals surface area (Å²) in [5.41, 5.74) is 1.50. The minimum Gasteiger partial charge on any atom is -0.384 e. The fourth-order valence-electron chi connectivity index (χ4n) is 2.55. The summed E-state index contributed by atoms with van der Waals surface area (Å²) in [6.07, 6.45) is 4.02. The van der Waals surface area contributed by atoms with Crippen molar-refractivity contribution in [2.75, 3.05) is 18.4 Å². The average Bonchev–Trinajstić information content (AvgIpc) is 2.42. The number of hydrogen-bond acceptors (Lipinski definition) is 3. The van der Waals surface area contributed by atoms with Crippen LogP contribution in [0.25, 0.3) is 0 Å². The Bertz CT molecular complexity index is 430. The molecular formula is C15H23N3O. The van der Waals surface area contributed by atoms with Gasteiger partial charge in [0.25, 0.3) is 5.91 Å². The summed E-state index contributed by atoms with van der Waals surface area (Å²) in [5, 5.41) is 3.18. The molecule has 1 saturated heterocycles. The van der Waals surface area contributed by atoms with Gasteiger partial charge in [0.2, 0.25) is 0 Å². The van der Waals surface area contributed by atoms with Crippen molar-refractivity contribution in [2.24, 2.45) is 5.92 Å². The minimum atomic E-state index is 0.0575. The third-order valence-corrected chi connectivity index (χ3v) is 3.74. The van der Waals surface area contributed by atoms with Gasteiger partial charge in [-0.1, -0.05) is 6.92 Å². The monoisotopic (exact) mass is 261 g/mol. The van der Waals surface area contributed by atoms with E-state index in [4.69, 9.17) is 0 Å². The van der Waals surface area contributed by atoms with Crippen molar-refractivity contribution in [2.45, 2.75) is 39.7 Å². The van der Waals surface area contributed by atoms with E-state index in [0.29, 0.717) is 17.7 Å². The molecule has 2 heterocycles. The van der Waals surface area contributed by atoms with E-state index >= 15 is 0 Å². The molecular weight excluding hydrogens is 238 g/mol. The van der Waals surface area contributed by atoms with E-state index in [1.54, 1.807) is 6.20 Å². The number of carbonyl (C=O) groups excluding carboxylic acids is 1. The van der Waals surface area contributed by atoms with Crippen molar-refractivity contribution >= 4 is 11.6 Å². The standard InChI is InChI=1S/C15H23N3O/c1-4-16-13-7-8-14(17-9-13)15(19)18-10-11(2)5-6-12(18)3/h7-9,11-12,16H,4-6,10H2,1-3H3. The summed E-state index contributed by atoms with van der Waals surface area (Å²) in [6.45, 7) is 8.06. The van der Waals surface area contributed by atoms with E-state index in [-0.39, 0.29) is 5.91 Å². The lowest BCUT2D eigenvalue weighted by molar-refractivity contribution is 0.0568. The molecule has 1 aromatic heterocycles. The normalized spacial score (nSPS) is 23.2. The number of amides is 1. The fourth-order valence-corrected chi connectivity index (χ4v) is 2.55. The second kappa shape index (κ2) is 6.04. The first-order valence-corrected chi connectivity index (χ1v) is 7.12. The number of likely N-dealkylation sites (tertiary alicyclic amines) is 1. The number of anilines is 1. The molecule has 1 aliphatic rings. The van der Waals surface area contributed by atoms with Crippen molar-refractivity contribution in [1.82, 2.24) is 9.88 Å². The summed E-state index contributed by atoms with van der Waals surface area (Å²) in [5.74, 6) is 0.642. The van der Waals surface area contributed by atoms with E-state index < -0.39 is 0 Å². The van der Waals surface area contributed by atoms with Crippen LogP contribution < -0.4 is 5.32 Å². The van der Waals surface area contributed by atoms with E-state index in [2.05, 4.69) is 24.1 Å². The largest absolute Gasteiger partial charge is 0.384 e. The lowest BCUT2D eigenvalue weighted by atomic mass is 9.95. The molecule has 19 heavy (non-hydrogen) atoms. The Labute approximate surface area is 115 Å². The van der Waals surface area contributed by atoms with Crippen LogP contribution >= 0.6 is 0 Å². The Hall–Kier alpha value is -1.58. The Morgan fingerprint density at radius 2 is 2.21 bits per heavy atom. The van der Waals surface area contributed by atoms with Gasteiger partial charge >= 0.3 is 0 Å². The molecule has 0 bridgehead atoms. The highest BCUT2D eigenvalue weighted by Crippen LogP contribution is 2.23. The second-order valence-electron chi connectivity index (χ2n) is 5.45. The highest BCUT2D eigenvalue weighted by Gasteiger charge is 2.28. The van der Waals surface area contributed by atoms with Crippen LogP contribution in [0.15, 0.2) is 18.3 Å². The lowest BCUT2D eigenvalue weighted by Gasteiger charge is -2.36. The Kier molecular flexibility index (Phi) is 4.40. The van der Waals surface area contributed by atoms with Gasteiger partial charge in [-0.05, 0) is 44.7 Å². The molecule has 0 aliphatic carbocycles. The van der Waals surface area contributed by atoms with Gasteiger partial charge in [0, 0.05) is 19.1 Å². The van der Waals surface area contributed by atoms with Crippen LogP contribution in [0.2, 0.25) is 0 Å². The van der Waals surface area contributed by atoms with Gasteiger partial charge in [0.15, 0.2) is 0 Å². The van der Waals surface area contributed by atoms with Crippen molar-refractivity contribution in [3.8, 4) is 0 Å². The molecule has 0 spiro atoms. The van der Waals surface area contributed by atoms with Gasteiger partial charge in [-0.25, -0.2) is 4.98 Å². The first kappa shape index (κ1) is 13.8. The van der Waals surface area contributed by atoms with Crippen LogP contribution in [0.1, 0.15) is 44.1 Å². The molecule has 1 amide bonds. The summed E-state index contributed by atoms with van der Waals surface area (Å²) in [4.78, 5) is 18.7. The summed E-state index contributed by atoms with van der Waals surface area (Å²) >= 11 is 0. The topological polar surface area (TPSA) is 45.2 Å². The smallest absolute Gasteiger partial charge is 0.272 e. The second-order valence-corrected chi connectivity index (χ2v) is 5.45. The predicted octanol–water partition coefficient (Wildman–Crippen LogP) is 2.77. The molecule has 1 aliphatic heterocycles. The first-order valence-electron chi connectivity index (χ1n) is 7.12. The van der Waals surface area contributed by atoms with Crippen LogP contribution in [0, 0.1) is 5.92 Å². The maximum absolute atomic E-state index is 12.5. The Morgan fingerprint density at radius 1 is 1.42 bits per heavy atom. The van der Waals surface area contributed by atoms with E-state index in [1.165, 1.54) is 6.42 Å². The molecule has 2 atom stereocenters. The summed E-state index contributed by atoms with van der Waals surface area (Å²) in [7, 11) is 0. The maximum atomic E-state index is 12.5. The summed E-state index contributed by atoms with van der Waals surface area (Å²) in [6, 6.07) is 4.05. The van der Waals surface area contributed by atoms with Crippen LogP contribution in [-0.4, -0.2) is 34.9 Å². The molecule has 104 valence electrons. The third kappa shape index (κ3) is 3.25. The fraction of sp³-hybridized carbons (Fsp3) is 0.600. The van der Waals surface area contributed by atoms with Gasteiger partial charge in [0.05, 0.1) is 11.9 Å². The number of rotatable bonds is 3. The zero-order valence-electron chi connectivity index (χ0n) is 12.0. The zero-order valence-corrected chi connectivity index (χ0v) is 12.0. The van der Waals surface area contributed by atoms with E-state index in [0.717, 1.165) is 25.2 Å². The number of aromatic nitrogens is 1. The molecule has 2 rings (SSSR count). The number of nitrogens with zero attached hydrogens (tertiary/aromatic N) is 2. The molecule has 0 saturated carbocycles. The molecule has 1 aromatic rings. The van der Waals surface area contributed by atoms with Crippen LogP contribution in [-0.2, 0) is 0 Å². The maximum Gasteiger partial charge on any atom is 0.272 e. The number of nitrogens with one attached hydrogen (secondary N) is 1. The average molecular weight is 261 g/mol. The molecule has 4 nitrogen and oxygen atoms in total. The lowest BCUT2D eigenvalue weighted by Crippen LogP contribution is -2.45. The zero-order chi connectivity index (χ0) is 13.8.